The Morgan fingerprint density at radius 2 is 1.71 bits per heavy atom. The van der Waals surface area contributed by atoms with Crippen LogP contribution in [-0.2, 0) is 0 Å². The maximum Gasteiger partial charge on any atom is 0.573 e. The number of ketones is 1. The van der Waals surface area contributed by atoms with E-state index in [-0.39, 0.29) is 16.8 Å². The van der Waals surface area contributed by atoms with Crippen molar-refractivity contribution in [1.82, 2.24) is 0 Å². The van der Waals surface area contributed by atoms with Crippen LogP contribution in [0.1, 0.15) is 15.9 Å². The van der Waals surface area contributed by atoms with Crippen LogP contribution < -0.4 is 4.74 Å². The summed E-state index contributed by atoms with van der Waals surface area (Å²) in [5, 5.41) is 10.5. The van der Waals surface area contributed by atoms with Gasteiger partial charge in [-0.25, -0.2) is 0 Å². The molecule has 0 atom stereocenters. The van der Waals surface area contributed by atoms with E-state index in [1.54, 1.807) is 0 Å². The molecule has 2 rings (SSSR count). The fourth-order valence-electron chi connectivity index (χ4n) is 1.84. The van der Waals surface area contributed by atoms with E-state index in [1.165, 1.54) is 48.5 Å². The summed E-state index contributed by atoms with van der Waals surface area (Å²) in [6.45, 7) is 0. The summed E-state index contributed by atoms with van der Waals surface area (Å²) in [6.07, 6.45) is -2.59. The SMILES string of the molecule is O=C(/C=C/c1ccccc1OC(F)(F)F)c1ccc([N+](=O)[O-])cc1. The van der Waals surface area contributed by atoms with Crippen molar-refractivity contribution in [3.8, 4) is 5.75 Å². The van der Waals surface area contributed by atoms with E-state index in [2.05, 4.69) is 4.74 Å². The van der Waals surface area contributed by atoms with Gasteiger partial charge < -0.3 is 4.74 Å². The number of allylic oxidation sites excluding steroid dienone is 1. The summed E-state index contributed by atoms with van der Waals surface area (Å²) in [7, 11) is 0. The third-order valence-electron chi connectivity index (χ3n) is 2.92. The van der Waals surface area contributed by atoms with E-state index in [4.69, 9.17) is 0 Å². The zero-order chi connectivity index (χ0) is 17.7. The first kappa shape index (κ1) is 17.2. The van der Waals surface area contributed by atoms with Crippen LogP contribution in [0.5, 0.6) is 5.75 Å². The fraction of sp³-hybridized carbons (Fsp3) is 0.0625. The smallest absolute Gasteiger partial charge is 0.405 e. The minimum absolute atomic E-state index is 0.0742. The molecule has 0 N–H and O–H groups in total. The average Bonchev–Trinajstić information content (AvgIpc) is 2.52. The molecule has 24 heavy (non-hydrogen) atoms. The van der Waals surface area contributed by atoms with E-state index in [0.717, 1.165) is 12.1 Å². The van der Waals surface area contributed by atoms with E-state index < -0.39 is 22.8 Å². The molecule has 0 saturated heterocycles. The Morgan fingerprint density at radius 1 is 1.08 bits per heavy atom. The van der Waals surface area contributed by atoms with E-state index in [9.17, 15) is 28.1 Å². The van der Waals surface area contributed by atoms with Crippen molar-refractivity contribution in [1.29, 1.82) is 0 Å². The normalized spacial score (nSPS) is 11.5. The van der Waals surface area contributed by atoms with Crippen molar-refractivity contribution < 1.29 is 27.6 Å². The van der Waals surface area contributed by atoms with Crippen LogP contribution in [0.4, 0.5) is 18.9 Å². The number of halogens is 3. The molecule has 0 fully saturated rings. The number of carbonyl (C=O) groups excluding carboxylic acids is 1. The van der Waals surface area contributed by atoms with Crippen LogP contribution in [0.2, 0.25) is 0 Å². The minimum Gasteiger partial charge on any atom is -0.405 e. The molecular weight excluding hydrogens is 327 g/mol. The molecular formula is C16H10F3NO4. The fourth-order valence-corrected chi connectivity index (χ4v) is 1.84. The van der Waals surface area contributed by atoms with Gasteiger partial charge in [-0.15, -0.1) is 13.2 Å². The quantitative estimate of drug-likeness (QED) is 0.351. The second-order valence-corrected chi connectivity index (χ2v) is 4.59. The van der Waals surface area contributed by atoms with Gasteiger partial charge in [0, 0.05) is 23.3 Å². The standard InChI is InChI=1S/C16H10F3NO4/c17-16(18,19)24-15-4-2-1-3-12(15)7-10-14(21)11-5-8-13(9-6-11)20(22)23/h1-10H/b10-7+. The van der Waals surface area contributed by atoms with Gasteiger partial charge >= 0.3 is 6.36 Å². The molecule has 124 valence electrons. The molecule has 0 radical (unpaired) electrons. The minimum atomic E-state index is -4.84. The van der Waals surface area contributed by atoms with Gasteiger partial charge in [-0.05, 0) is 30.4 Å². The molecule has 2 aromatic rings. The first-order valence-electron chi connectivity index (χ1n) is 6.58. The Morgan fingerprint density at radius 3 is 2.29 bits per heavy atom. The van der Waals surface area contributed by atoms with Gasteiger partial charge in [0.1, 0.15) is 5.75 Å². The molecule has 0 aliphatic carbocycles. The predicted octanol–water partition coefficient (Wildman–Crippen LogP) is 4.39. The first-order chi connectivity index (χ1) is 11.3. The molecule has 0 unspecified atom stereocenters. The highest BCUT2D eigenvalue weighted by Gasteiger charge is 2.31. The molecule has 2 aromatic carbocycles. The number of nitrogens with zero attached hydrogens (tertiary/aromatic N) is 1. The lowest BCUT2D eigenvalue weighted by atomic mass is 10.1. The lowest BCUT2D eigenvalue weighted by Gasteiger charge is -2.10. The number of hydrogen-bond donors (Lipinski definition) is 0. The number of carbonyl (C=O) groups is 1. The molecule has 0 saturated carbocycles. The summed E-state index contributed by atoms with van der Waals surface area (Å²) in [4.78, 5) is 21.9. The summed E-state index contributed by atoms with van der Waals surface area (Å²) in [5.74, 6) is -0.940. The molecule has 0 heterocycles. The Bertz CT molecular complexity index is 783. The van der Waals surface area contributed by atoms with Gasteiger partial charge in [0.25, 0.3) is 5.69 Å². The lowest BCUT2D eigenvalue weighted by molar-refractivity contribution is -0.384. The van der Waals surface area contributed by atoms with Gasteiger partial charge in [-0.2, -0.15) is 0 Å². The highest BCUT2D eigenvalue weighted by atomic mass is 19.4. The molecule has 0 amide bonds. The molecule has 0 aromatic heterocycles. The molecule has 0 aliphatic rings. The number of benzene rings is 2. The molecule has 0 spiro atoms. The third-order valence-corrected chi connectivity index (χ3v) is 2.92. The summed E-state index contributed by atoms with van der Waals surface area (Å²) < 4.78 is 40.8. The number of ether oxygens (including phenoxy) is 1. The van der Waals surface area contributed by atoms with Gasteiger partial charge in [0.2, 0.25) is 0 Å². The summed E-state index contributed by atoms with van der Waals surface area (Å²) in [6, 6.07) is 10.2. The Labute approximate surface area is 134 Å². The van der Waals surface area contributed by atoms with Crippen LogP contribution in [0.15, 0.2) is 54.6 Å². The van der Waals surface area contributed by atoms with Gasteiger partial charge in [0.15, 0.2) is 5.78 Å². The van der Waals surface area contributed by atoms with Crippen LogP contribution in [-0.4, -0.2) is 17.1 Å². The van der Waals surface area contributed by atoms with E-state index in [1.807, 2.05) is 0 Å². The van der Waals surface area contributed by atoms with E-state index >= 15 is 0 Å². The number of rotatable bonds is 5. The van der Waals surface area contributed by atoms with Crippen molar-refractivity contribution in [2.75, 3.05) is 0 Å². The van der Waals surface area contributed by atoms with Crippen molar-refractivity contribution in [3.05, 3.63) is 75.8 Å². The van der Waals surface area contributed by atoms with Gasteiger partial charge in [-0.3, -0.25) is 14.9 Å². The number of hydrogen-bond acceptors (Lipinski definition) is 4. The Hall–Kier alpha value is -3.16. The number of nitro groups is 1. The number of alkyl halides is 3. The van der Waals surface area contributed by atoms with Crippen LogP contribution in [0.3, 0.4) is 0 Å². The van der Waals surface area contributed by atoms with Gasteiger partial charge in [-0.1, -0.05) is 18.2 Å². The van der Waals surface area contributed by atoms with Crippen LogP contribution in [0.25, 0.3) is 6.08 Å². The zero-order valence-electron chi connectivity index (χ0n) is 12.0. The molecule has 0 aliphatic heterocycles. The Kier molecular flexibility index (Phi) is 4.98. The largest absolute Gasteiger partial charge is 0.573 e. The number of non-ortho nitro benzene ring substituents is 1. The molecule has 8 heteroatoms. The topological polar surface area (TPSA) is 69.4 Å². The predicted molar refractivity (Wildman–Crippen MR) is 79.6 cm³/mol. The summed E-state index contributed by atoms with van der Waals surface area (Å²) in [5.41, 5.74) is 0.0793. The second kappa shape index (κ2) is 6.95. The molecule has 0 bridgehead atoms. The molecule has 5 nitrogen and oxygen atoms in total. The van der Waals surface area contributed by atoms with Crippen molar-refractivity contribution >= 4 is 17.5 Å². The Balaban J connectivity index is 2.18. The maximum absolute atomic E-state index is 12.3. The van der Waals surface area contributed by atoms with Crippen molar-refractivity contribution in [2.45, 2.75) is 6.36 Å². The maximum atomic E-state index is 12.3. The third kappa shape index (κ3) is 4.67. The van der Waals surface area contributed by atoms with E-state index in [0.29, 0.717) is 0 Å². The monoisotopic (exact) mass is 337 g/mol. The number of para-hydroxylation sites is 1. The highest BCUT2D eigenvalue weighted by molar-refractivity contribution is 6.07. The second-order valence-electron chi connectivity index (χ2n) is 4.59. The summed E-state index contributed by atoms with van der Waals surface area (Å²) >= 11 is 0. The van der Waals surface area contributed by atoms with Crippen molar-refractivity contribution in [3.63, 3.8) is 0 Å². The number of nitro benzene ring substituents is 1. The zero-order valence-corrected chi connectivity index (χ0v) is 12.0. The van der Waals surface area contributed by atoms with Crippen LogP contribution in [0, 0.1) is 10.1 Å². The van der Waals surface area contributed by atoms with Crippen molar-refractivity contribution in [2.24, 2.45) is 0 Å². The average molecular weight is 337 g/mol. The van der Waals surface area contributed by atoms with Gasteiger partial charge in [0.05, 0.1) is 4.92 Å². The lowest BCUT2D eigenvalue weighted by Crippen LogP contribution is -2.17. The first-order valence-corrected chi connectivity index (χ1v) is 6.58. The highest BCUT2D eigenvalue weighted by Crippen LogP contribution is 2.27. The van der Waals surface area contributed by atoms with Crippen LogP contribution >= 0.6 is 0 Å².